The molecule has 0 heterocycles. The smallest absolute Gasteiger partial charge is 0.0332 e. The van der Waals surface area contributed by atoms with Crippen LogP contribution in [0.3, 0.4) is 0 Å². The number of nitrogens with zero attached hydrogens (tertiary/aromatic N) is 1. The molecule has 0 aromatic heterocycles. The number of benzene rings is 1. The molecule has 1 N–H and O–H groups in total. The van der Waals surface area contributed by atoms with Gasteiger partial charge in [0.05, 0.1) is 0 Å². The van der Waals surface area contributed by atoms with Gasteiger partial charge in [-0.1, -0.05) is 36.8 Å². The lowest BCUT2D eigenvalue weighted by Gasteiger charge is -2.22. The van der Waals surface area contributed by atoms with Crippen LogP contribution in [0, 0.1) is 6.92 Å². The first-order valence-corrected chi connectivity index (χ1v) is 7.21. The second kappa shape index (κ2) is 6.35. The van der Waals surface area contributed by atoms with Crippen molar-refractivity contribution in [1.29, 1.82) is 0 Å². The van der Waals surface area contributed by atoms with E-state index in [0.717, 1.165) is 12.6 Å². The van der Waals surface area contributed by atoms with E-state index < -0.39 is 0 Å². The van der Waals surface area contributed by atoms with Crippen LogP contribution in [-0.2, 0) is 0 Å². The summed E-state index contributed by atoms with van der Waals surface area (Å²) in [4.78, 5) is 2.51. The molecule has 0 amide bonds. The zero-order valence-corrected chi connectivity index (χ0v) is 11.9. The highest BCUT2D eigenvalue weighted by Gasteiger charge is 2.26. The van der Waals surface area contributed by atoms with Gasteiger partial charge in [-0.3, -0.25) is 0 Å². The molecule has 2 heteroatoms. The number of nitrogens with one attached hydrogen (secondary N) is 1. The van der Waals surface area contributed by atoms with Crippen LogP contribution in [0.15, 0.2) is 24.3 Å². The van der Waals surface area contributed by atoms with E-state index in [0.29, 0.717) is 6.04 Å². The molecule has 1 aliphatic carbocycles. The minimum Gasteiger partial charge on any atom is -0.310 e. The Morgan fingerprint density at radius 2 is 1.94 bits per heavy atom. The first-order chi connectivity index (χ1) is 8.70. The summed E-state index contributed by atoms with van der Waals surface area (Å²) in [6.45, 7) is 6.56. The molecule has 1 atom stereocenters. The van der Waals surface area contributed by atoms with Crippen LogP contribution in [0.25, 0.3) is 0 Å². The minimum absolute atomic E-state index is 0.497. The summed E-state index contributed by atoms with van der Waals surface area (Å²) in [5.41, 5.74) is 2.76. The third-order valence-electron chi connectivity index (χ3n) is 3.87. The van der Waals surface area contributed by atoms with Crippen molar-refractivity contribution >= 4 is 0 Å². The summed E-state index contributed by atoms with van der Waals surface area (Å²) >= 11 is 0. The van der Waals surface area contributed by atoms with Gasteiger partial charge >= 0.3 is 0 Å². The molecule has 2 rings (SSSR count). The number of hydrogen-bond acceptors (Lipinski definition) is 2. The van der Waals surface area contributed by atoms with E-state index in [-0.39, 0.29) is 0 Å². The Balaban J connectivity index is 1.91. The third-order valence-corrected chi connectivity index (χ3v) is 3.87. The van der Waals surface area contributed by atoms with Gasteiger partial charge in [0.1, 0.15) is 0 Å². The number of hydrogen-bond donors (Lipinski definition) is 1. The SMILES string of the molecule is CCNC(CCN(C)C1CC1)c1ccc(C)cc1. The molecule has 1 aromatic carbocycles. The van der Waals surface area contributed by atoms with Gasteiger partial charge in [-0.25, -0.2) is 0 Å². The number of aryl methyl sites for hydroxylation is 1. The van der Waals surface area contributed by atoms with Gasteiger partial charge in [0, 0.05) is 12.1 Å². The highest BCUT2D eigenvalue weighted by molar-refractivity contribution is 5.24. The van der Waals surface area contributed by atoms with Gasteiger partial charge < -0.3 is 10.2 Å². The van der Waals surface area contributed by atoms with E-state index in [9.17, 15) is 0 Å². The van der Waals surface area contributed by atoms with Gasteiger partial charge in [0.25, 0.3) is 0 Å². The summed E-state index contributed by atoms with van der Waals surface area (Å²) in [5, 5.41) is 3.61. The molecule has 18 heavy (non-hydrogen) atoms. The Kier molecular flexibility index (Phi) is 4.79. The van der Waals surface area contributed by atoms with E-state index in [2.05, 4.69) is 55.4 Å². The average Bonchev–Trinajstić information content (AvgIpc) is 3.19. The van der Waals surface area contributed by atoms with Crippen LogP contribution in [0.2, 0.25) is 0 Å². The van der Waals surface area contributed by atoms with Crippen LogP contribution in [0.5, 0.6) is 0 Å². The first-order valence-electron chi connectivity index (χ1n) is 7.21. The molecule has 0 saturated heterocycles. The van der Waals surface area contributed by atoms with E-state index >= 15 is 0 Å². The standard InChI is InChI=1S/C16H26N2/c1-4-17-16(11-12-18(3)15-9-10-15)14-7-5-13(2)6-8-14/h5-8,15-17H,4,9-12H2,1-3H3. The Bertz CT molecular complexity index is 354. The highest BCUT2D eigenvalue weighted by Crippen LogP contribution is 2.26. The van der Waals surface area contributed by atoms with Crippen molar-refractivity contribution in [3.8, 4) is 0 Å². The second-order valence-corrected chi connectivity index (χ2v) is 5.52. The van der Waals surface area contributed by atoms with E-state index in [1.54, 1.807) is 0 Å². The molecular formula is C16H26N2. The highest BCUT2D eigenvalue weighted by atomic mass is 15.2. The van der Waals surface area contributed by atoms with E-state index in [1.807, 2.05) is 0 Å². The lowest BCUT2D eigenvalue weighted by atomic mass is 10.0. The summed E-state index contributed by atoms with van der Waals surface area (Å²) in [6, 6.07) is 10.3. The molecule has 0 aliphatic heterocycles. The molecule has 1 aromatic rings. The minimum atomic E-state index is 0.497. The van der Waals surface area contributed by atoms with Gasteiger partial charge in [0.2, 0.25) is 0 Å². The second-order valence-electron chi connectivity index (χ2n) is 5.52. The van der Waals surface area contributed by atoms with Crippen molar-refractivity contribution in [2.24, 2.45) is 0 Å². The first kappa shape index (κ1) is 13.6. The van der Waals surface area contributed by atoms with E-state index in [1.165, 1.54) is 36.9 Å². The lowest BCUT2D eigenvalue weighted by Crippen LogP contribution is -2.28. The molecule has 1 aliphatic rings. The fraction of sp³-hybridized carbons (Fsp3) is 0.625. The fourth-order valence-corrected chi connectivity index (χ4v) is 2.46. The number of rotatable bonds is 7. The predicted octanol–water partition coefficient (Wildman–Crippen LogP) is 3.13. The van der Waals surface area contributed by atoms with Crippen molar-refractivity contribution in [2.75, 3.05) is 20.1 Å². The van der Waals surface area contributed by atoms with Gasteiger partial charge in [-0.2, -0.15) is 0 Å². The average molecular weight is 246 g/mol. The van der Waals surface area contributed by atoms with Crippen LogP contribution in [0.4, 0.5) is 0 Å². The third kappa shape index (κ3) is 3.82. The molecule has 0 bridgehead atoms. The van der Waals surface area contributed by atoms with Gasteiger partial charge in [-0.15, -0.1) is 0 Å². The quantitative estimate of drug-likeness (QED) is 0.795. The Morgan fingerprint density at radius 3 is 2.50 bits per heavy atom. The normalized spacial score (nSPS) is 17.1. The predicted molar refractivity (Wildman–Crippen MR) is 77.9 cm³/mol. The molecule has 0 spiro atoms. The molecule has 2 nitrogen and oxygen atoms in total. The fourth-order valence-electron chi connectivity index (χ4n) is 2.46. The molecular weight excluding hydrogens is 220 g/mol. The van der Waals surface area contributed by atoms with Crippen molar-refractivity contribution in [3.63, 3.8) is 0 Å². The van der Waals surface area contributed by atoms with E-state index in [4.69, 9.17) is 0 Å². The van der Waals surface area contributed by atoms with Crippen LogP contribution in [-0.4, -0.2) is 31.1 Å². The van der Waals surface area contributed by atoms with Crippen molar-refractivity contribution < 1.29 is 0 Å². The Morgan fingerprint density at radius 1 is 1.28 bits per heavy atom. The zero-order chi connectivity index (χ0) is 13.0. The molecule has 1 saturated carbocycles. The summed E-state index contributed by atoms with van der Waals surface area (Å²) in [7, 11) is 2.26. The van der Waals surface area contributed by atoms with Crippen molar-refractivity contribution in [3.05, 3.63) is 35.4 Å². The summed E-state index contributed by atoms with van der Waals surface area (Å²) in [5.74, 6) is 0. The summed E-state index contributed by atoms with van der Waals surface area (Å²) in [6.07, 6.45) is 3.99. The topological polar surface area (TPSA) is 15.3 Å². The summed E-state index contributed by atoms with van der Waals surface area (Å²) < 4.78 is 0. The molecule has 1 fully saturated rings. The maximum absolute atomic E-state index is 3.61. The van der Waals surface area contributed by atoms with Gasteiger partial charge in [-0.05, 0) is 51.9 Å². The van der Waals surface area contributed by atoms with Crippen molar-refractivity contribution in [2.45, 2.75) is 45.2 Å². The molecule has 1 unspecified atom stereocenters. The largest absolute Gasteiger partial charge is 0.310 e. The monoisotopic (exact) mass is 246 g/mol. The lowest BCUT2D eigenvalue weighted by molar-refractivity contribution is 0.299. The Hall–Kier alpha value is -0.860. The molecule has 100 valence electrons. The maximum Gasteiger partial charge on any atom is 0.0332 e. The Labute approximate surface area is 111 Å². The maximum atomic E-state index is 3.61. The zero-order valence-electron chi connectivity index (χ0n) is 11.9. The van der Waals surface area contributed by atoms with Crippen molar-refractivity contribution in [1.82, 2.24) is 10.2 Å². The van der Waals surface area contributed by atoms with Gasteiger partial charge in [0.15, 0.2) is 0 Å². The molecule has 0 radical (unpaired) electrons. The van der Waals surface area contributed by atoms with Crippen LogP contribution >= 0.6 is 0 Å². The van der Waals surface area contributed by atoms with Crippen LogP contribution < -0.4 is 5.32 Å². The van der Waals surface area contributed by atoms with Crippen LogP contribution in [0.1, 0.15) is 43.4 Å².